The summed E-state index contributed by atoms with van der Waals surface area (Å²) in [7, 11) is 0. The summed E-state index contributed by atoms with van der Waals surface area (Å²) in [5.41, 5.74) is 5.91. The van der Waals surface area contributed by atoms with Gasteiger partial charge < -0.3 is 10.3 Å². The van der Waals surface area contributed by atoms with Crippen LogP contribution in [-0.2, 0) is 0 Å². The molecule has 1 aromatic heterocycles. The predicted molar refractivity (Wildman–Crippen MR) is 56.9 cm³/mol. The lowest BCUT2D eigenvalue weighted by Crippen LogP contribution is -2.10. The van der Waals surface area contributed by atoms with Gasteiger partial charge in [-0.1, -0.05) is 12.1 Å². The zero-order valence-corrected chi connectivity index (χ0v) is 9.15. The SMILES string of the molecule is CCC(N)c1noc(-c2cc(F)cc(F)c2)n1. The molecule has 0 bridgehead atoms. The largest absolute Gasteiger partial charge is 0.334 e. The molecular weight excluding hydrogens is 228 g/mol. The van der Waals surface area contributed by atoms with Crippen LogP contribution in [0.4, 0.5) is 8.78 Å². The van der Waals surface area contributed by atoms with E-state index in [0.29, 0.717) is 12.2 Å². The summed E-state index contributed by atoms with van der Waals surface area (Å²) < 4.78 is 30.9. The number of rotatable bonds is 3. The lowest BCUT2D eigenvalue weighted by molar-refractivity contribution is 0.414. The van der Waals surface area contributed by atoms with Gasteiger partial charge in [0.2, 0.25) is 0 Å². The Balaban J connectivity index is 2.36. The van der Waals surface area contributed by atoms with Crippen LogP contribution in [0.2, 0.25) is 0 Å². The van der Waals surface area contributed by atoms with Crippen LogP contribution in [0.15, 0.2) is 22.7 Å². The standard InChI is InChI=1S/C11H11F2N3O/c1-2-9(14)10-15-11(17-16-10)6-3-7(12)5-8(13)4-6/h3-5,9H,2,14H2,1H3. The van der Waals surface area contributed by atoms with Crippen LogP contribution < -0.4 is 5.73 Å². The number of hydrogen-bond donors (Lipinski definition) is 1. The summed E-state index contributed by atoms with van der Waals surface area (Å²) in [6.45, 7) is 1.88. The molecule has 6 heteroatoms. The van der Waals surface area contributed by atoms with Crippen LogP contribution in [0, 0.1) is 11.6 Å². The molecule has 0 fully saturated rings. The molecule has 17 heavy (non-hydrogen) atoms. The maximum Gasteiger partial charge on any atom is 0.258 e. The quantitative estimate of drug-likeness (QED) is 0.893. The van der Waals surface area contributed by atoms with E-state index < -0.39 is 11.6 Å². The Hall–Kier alpha value is -1.82. The third kappa shape index (κ3) is 2.47. The van der Waals surface area contributed by atoms with Gasteiger partial charge in [-0.25, -0.2) is 8.78 Å². The molecule has 1 unspecified atom stereocenters. The first-order chi connectivity index (χ1) is 8.10. The van der Waals surface area contributed by atoms with Gasteiger partial charge >= 0.3 is 0 Å². The van der Waals surface area contributed by atoms with E-state index in [1.165, 1.54) is 0 Å². The second-order valence-corrected chi connectivity index (χ2v) is 3.63. The zero-order valence-electron chi connectivity index (χ0n) is 9.15. The molecule has 90 valence electrons. The summed E-state index contributed by atoms with van der Waals surface area (Å²) in [5, 5.41) is 3.67. The first kappa shape index (κ1) is 11.7. The minimum Gasteiger partial charge on any atom is -0.334 e. The maximum atomic E-state index is 13.0. The minimum atomic E-state index is -0.695. The van der Waals surface area contributed by atoms with Crippen molar-refractivity contribution in [3.05, 3.63) is 35.7 Å². The molecule has 0 aliphatic rings. The monoisotopic (exact) mass is 239 g/mol. The average Bonchev–Trinajstić information content (AvgIpc) is 2.76. The van der Waals surface area contributed by atoms with Crippen molar-refractivity contribution in [1.29, 1.82) is 0 Å². The third-order valence-electron chi connectivity index (χ3n) is 2.32. The lowest BCUT2D eigenvalue weighted by Gasteiger charge is -1.99. The summed E-state index contributed by atoms with van der Waals surface area (Å²) in [5.74, 6) is -1.01. The molecule has 2 aromatic rings. The summed E-state index contributed by atoms with van der Waals surface area (Å²) in [6.07, 6.45) is 0.649. The first-order valence-corrected chi connectivity index (χ1v) is 5.15. The smallest absolute Gasteiger partial charge is 0.258 e. The van der Waals surface area contributed by atoms with Crippen LogP contribution in [0.5, 0.6) is 0 Å². The highest BCUT2D eigenvalue weighted by atomic mass is 19.1. The highest BCUT2D eigenvalue weighted by molar-refractivity contribution is 5.52. The van der Waals surface area contributed by atoms with E-state index in [9.17, 15) is 8.78 Å². The summed E-state index contributed by atoms with van der Waals surface area (Å²) in [4.78, 5) is 4.00. The van der Waals surface area contributed by atoms with Crippen LogP contribution >= 0.6 is 0 Å². The Kier molecular flexibility index (Phi) is 3.14. The van der Waals surface area contributed by atoms with Crippen LogP contribution in [0.3, 0.4) is 0 Å². The molecule has 2 rings (SSSR count). The van der Waals surface area contributed by atoms with Gasteiger partial charge in [-0.15, -0.1) is 0 Å². The molecule has 4 nitrogen and oxygen atoms in total. The fourth-order valence-electron chi connectivity index (χ4n) is 1.36. The molecule has 0 amide bonds. The molecule has 1 atom stereocenters. The van der Waals surface area contributed by atoms with Gasteiger partial charge in [-0.05, 0) is 18.6 Å². The van der Waals surface area contributed by atoms with E-state index in [0.717, 1.165) is 18.2 Å². The number of nitrogens with two attached hydrogens (primary N) is 1. The van der Waals surface area contributed by atoms with Crippen molar-refractivity contribution in [1.82, 2.24) is 10.1 Å². The minimum absolute atomic E-state index is 0.0577. The van der Waals surface area contributed by atoms with E-state index in [4.69, 9.17) is 10.3 Å². The normalized spacial score (nSPS) is 12.7. The molecule has 1 heterocycles. The van der Waals surface area contributed by atoms with Gasteiger partial charge in [0.05, 0.1) is 6.04 Å². The van der Waals surface area contributed by atoms with Gasteiger partial charge in [0.25, 0.3) is 5.89 Å². The Bertz CT molecular complexity index is 507. The molecule has 0 aliphatic heterocycles. The average molecular weight is 239 g/mol. The highest BCUT2D eigenvalue weighted by Crippen LogP contribution is 2.21. The van der Waals surface area contributed by atoms with Crippen molar-refractivity contribution < 1.29 is 13.3 Å². The fraction of sp³-hybridized carbons (Fsp3) is 0.273. The zero-order chi connectivity index (χ0) is 12.4. The molecule has 2 N–H and O–H groups in total. The fourth-order valence-corrected chi connectivity index (χ4v) is 1.36. The maximum absolute atomic E-state index is 13.0. The molecule has 0 radical (unpaired) electrons. The highest BCUT2D eigenvalue weighted by Gasteiger charge is 2.14. The second-order valence-electron chi connectivity index (χ2n) is 3.63. The topological polar surface area (TPSA) is 64.9 Å². The third-order valence-corrected chi connectivity index (χ3v) is 2.32. The number of nitrogens with zero attached hydrogens (tertiary/aromatic N) is 2. The summed E-state index contributed by atoms with van der Waals surface area (Å²) >= 11 is 0. The van der Waals surface area contributed by atoms with E-state index in [-0.39, 0.29) is 17.5 Å². The van der Waals surface area contributed by atoms with E-state index >= 15 is 0 Å². The number of aromatic nitrogens is 2. The number of hydrogen-bond acceptors (Lipinski definition) is 4. The number of benzene rings is 1. The Morgan fingerprint density at radius 2 is 1.94 bits per heavy atom. The molecule has 0 saturated carbocycles. The lowest BCUT2D eigenvalue weighted by atomic mass is 10.2. The van der Waals surface area contributed by atoms with Crippen molar-refractivity contribution >= 4 is 0 Å². The van der Waals surface area contributed by atoms with Gasteiger partial charge in [0, 0.05) is 11.6 Å². The molecular formula is C11H11F2N3O. The van der Waals surface area contributed by atoms with Gasteiger partial charge in [0.1, 0.15) is 11.6 Å². The van der Waals surface area contributed by atoms with Gasteiger partial charge in [-0.2, -0.15) is 4.98 Å². The van der Waals surface area contributed by atoms with Crippen molar-refractivity contribution in [2.24, 2.45) is 5.73 Å². The second kappa shape index (κ2) is 4.58. The Morgan fingerprint density at radius 1 is 1.29 bits per heavy atom. The van der Waals surface area contributed by atoms with Gasteiger partial charge in [0.15, 0.2) is 5.82 Å². The predicted octanol–water partition coefficient (Wildman–Crippen LogP) is 2.42. The van der Waals surface area contributed by atoms with Crippen molar-refractivity contribution in [2.45, 2.75) is 19.4 Å². The molecule has 0 aliphatic carbocycles. The first-order valence-electron chi connectivity index (χ1n) is 5.15. The van der Waals surface area contributed by atoms with Crippen LogP contribution in [0.1, 0.15) is 25.2 Å². The van der Waals surface area contributed by atoms with E-state index in [1.54, 1.807) is 0 Å². The van der Waals surface area contributed by atoms with E-state index in [2.05, 4.69) is 10.1 Å². The molecule has 0 spiro atoms. The van der Waals surface area contributed by atoms with Crippen LogP contribution in [0.25, 0.3) is 11.5 Å². The van der Waals surface area contributed by atoms with Gasteiger partial charge in [-0.3, -0.25) is 0 Å². The van der Waals surface area contributed by atoms with E-state index in [1.807, 2.05) is 6.92 Å². The molecule has 1 aromatic carbocycles. The number of halogens is 2. The Labute approximate surface area is 96.4 Å². The molecule has 0 saturated heterocycles. The van der Waals surface area contributed by atoms with Crippen molar-refractivity contribution in [2.75, 3.05) is 0 Å². The van der Waals surface area contributed by atoms with Crippen molar-refractivity contribution in [3.8, 4) is 11.5 Å². The Morgan fingerprint density at radius 3 is 2.53 bits per heavy atom. The van der Waals surface area contributed by atoms with Crippen LogP contribution in [-0.4, -0.2) is 10.1 Å². The summed E-state index contributed by atoms with van der Waals surface area (Å²) in [6, 6.07) is 2.68. The van der Waals surface area contributed by atoms with Crippen molar-refractivity contribution in [3.63, 3.8) is 0 Å².